The van der Waals surface area contributed by atoms with Crippen molar-refractivity contribution < 1.29 is 22.6 Å². The molecule has 0 heterocycles. The molecule has 0 aliphatic heterocycles. The number of para-hydroxylation sites is 1. The summed E-state index contributed by atoms with van der Waals surface area (Å²) in [6.07, 6.45) is -4.30. The molecule has 0 aliphatic rings. The average molecular weight is 249 g/mol. The molecule has 0 radical (unpaired) electrons. The molecule has 0 saturated heterocycles. The Labute approximate surface area is 97.3 Å². The first-order valence-electron chi connectivity index (χ1n) is 5.02. The zero-order valence-corrected chi connectivity index (χ0v) is 9.38. The molecule has 1 rings (SSSR count). The summed E-state index contributed by atoms with van der Waals surface area (Å²) in [5.41, 5.74) is 6.95. The van der Waals surface area contributed by atoms with Gasteiger partial charge in [0, 0.05) is 0 Å². The molecule has 1 aromatic carbocycles. The van der Waals surface area contributed by atoms with Crippen molar-refractivity contribution in [1.82, 2.24) is 0 Å². The third-order valence-corrected chi connectivity index (χ3v) is 1.98. The number of anilines is 1. The third kappa shape index (κ3) is 4.95. The van der Waals surface area contributed by atoms with Crippen molar-refractivity contribution in [2.24, 2.45) is 0 Å². The van der Waals surface area contributed by atoms with E-state index in [1.54, 1.807) is 12.1 Å². The molecule has 0 amide bonds. The number of nitrogens with two attached hydrogens (primary N) is 1. The zero-order chi connectivity index (χ0) is 12.9. The van der Waals surface area contributed by atoms with E-state index in [1.165, 1.54) is 0 Å². The highest BCUT2D eigenvalue weighted by atomic mass is 19.4. The van der Waals surface area contributed by atoms with Gasteiger partial charge in [0.2, 0.25) is 0 Å². The standard InChI is InChI=1S/C11H14F3NO2/c1-8-3-2-4-9(15)10(8)17-6-5-16-7-11(12,13)14/h2-4H,5-7,15H2,1H3. The third-order valence-electron chi connectivity index (χ3n) is 1.98. The number of alkyl halides is 3. The molecular weight excluding hydrogens is 235 g/mol. The van der Waals surface area contributed by atoms with Crippen LogP contribution in [0.2, 0.25) is 0 Å². The Bertz CT molecular complexity index is 346. The first-order chi connectivity index (χ1) is 7.90. The Balaban J connectivity index is 2.32. The molecule has 0 atom stereocenters. The van der Waals surface area contributed by atoms with Gasteiger partial charge in [-0.05, 0) is 18.6 Å². The highest BCUT2D eigenvalue weighted by Gasteiger charge is 2.27. The summed E-state index contributed by atoms with van der Waals surface area (Å²) in [6, 6.07) is 5.25. The fraction of sp³-hybridized carbons (Fsp3) is 0.455. The van der Waals surface area contributed by atoms with Crippen LogP contribution in [0.25, 0.3) is 0 Å². The number of ether oxygens (including phenoxy) is 2. The summed E-state index contributed by atoms with van der Waals surface area (Å²) >= 11 is 0. The Morgan fingerprint density at radius 2 is 1.94 bits per heavy atom. The van der Waals surface area contributed by atoms with Gasteiger partial charge in [-0.1, -0.05) is 12.1 Å². The molecule has 6 heteroatoms. The second-order valence-electron chi connectivity index (χ2n) is 3.51. The smallest absolute Gasteiger partial charge is 0.411 e. The SMILES string of the molecule is Cc1cccc(N)c1OCCOCC(F)(F)F. The summed E-state index contributed by atoms with van der Waals surface area (Å²) in [5.74, 6) is 0.489. The van der Waals surface area contributed by atoms with E-state index in [2.05, 4.69) is 4.74 Å². The molecule has 0 unspecified atom stereocenters. The molecular formula is C11H14F3NO2. The minimum atomic E-state index is -4.30. The molecule has 96 valence electrons. The summed E-state index contributed by atoms with van der Waals surface area (Å²) in [6.45, 7) is 0.445. The van der Waals surface area contributed by atoms with Gasteiger partial charge in [0.25, 0.3) is 0 Å². The molecule has 0 bridgehead atoms. The molecule has 0 fully saturated rings. The second kappa shape index (κ2) is 5.77. The Morgan fingerprint density at radius 3 is 2.53 bits per heavy atom. The van der Waals surface area contributed by atoms with Crippen LogP contribution in [0.3, 0.4) is 0 Å². The number of benzene rings is 1. The number of rotatable bonds is 5. The molecule has 2 N–H and O–H groups in total. The van der Waals surface area contributed by atoms with Crippen LogP contribution in [0.1, 0.15) is 5.56 Å². The van der Waals surface area contributed by atoms with E-state index in [-0.39, 0.29) is 13.2 Å². The van der Waals surface area contributed by atoms with Crippen LogP contribution < -0.4 is 10.5 Å². The predicted octanol–water partition coefficient (Wildman–Crippen LogP) is 2.53. The van der Waals surface area contributed by atoms with Crippen LogP contribution in [0.15, 0.2) is 18.2 Å². The molecule has 0 aliphatic carbocycles. The molecule has 3 nitrogen and oxygen atoms in total. The van der Waals surface area contributed by atoms with Crippen molar-refractivity contribution in [3.8, 4) is 5.75 Å². The summed E-state index contributed by atoms with van der Waals surface area (Å²) in [7, 11) is 0. The molecule has 1 aromatic rings. The summed E-state index contributed by atoms with van der Waals surface area (Å²) < 4.78 is 44.9. The van der Waals surface area contributed by atoms with Gasteiger partial charge < -0.3 is 15.2 Å². The quantitative estimate of drug-likeness (QED) is 0.644. The van der Waals surface area contributed by atoms with E-state index >= 15 is 0 Å². The van der Waals surface area contributed by atoms with Gasteiger partial charge >= 0.3 is 6.18 Å². The van der Waals surface area contributed by atoms with Crippen molar-refractivity contribution >= 4 is 5.69 Å². The van der Waals surface area contributed by atoms with Gasteiger partial charge in [-0.25, -0.2) is 0 Å². The minimum Gasteiger partial charge on any atom is -0.489 e. The Hall–Kier alpha value is -1.43. The average Bonchev–Trinajstić information content (AvgIpc) is 2.20. The highest BCUT2D eigenvalue weighted by molar-refractivity contribution is 5.56. The first kappa shape index (κ1) is 13.6. The number of aryl methyl sites for hydroxylation is 1. The fourth-order valence-electron chi connectivity index (χ4n) is 1.26. The van der Waals surface area contributed by atoms with Crippen molar-refractivity contribution in [2.45, 2.75) is 13.1 Å². The summed E-state index contributed by atoms with van der Waals surface area (Å²) in [4.78, 5) is 0. The lowest BCUT2D eigenvalue weighted by atomic mass is 10.2. The summed E-state index contributed by atoms with van der Waals surface area (Å²) in [5, 5.41) is 0. The Morgan fingerprint density at radius 1 is 1.24 bits per heavy atom. The number of halogens is 3. The highest BCUT2D eigenvalue weighted by Crippen LogP contribution is 2.25. The lowest BCUT2D eigenvalue weighted by Gasteiger charge is -2.12. The normalized spacial score (nSPS) is 11.5. The van der Waals surface area contributed by atoms with Crippen molar-refractivity contribution in [2.75, 3.05) is 25.6 Å². The van der Waals surface area contributed by atoms with Gasteiger partial charge in [-0.3, -0.25) is 0 Å². The maximum atomic E-state index is 11.7. The van der Waals surface area contributed by atoms with Crippen LogP contribution in [-0.2, 0) is 4.74 Å². The van der Waals surface area contributed by atoms with E-state index in [9.17, 15) is 13.2 Å². The largest absolute Gasteiger partial charge is 0.489 e. The fourth-order valence-corrected chi connectivity index (χ4v) is 1.26. The topological polar surface area (TPSA) is 44.5 Å². The first-order valence-corrected chi connectivity index (χ1v) is 5.02. The van der Waals surface area contributed by atoms with E-state index in [0.717, 1.165) is 5.56 Å². The lowest BCUT2D eigenvalue weighted by Crippen LogP contribution is -2.19. The van der Waals surface area contributed by atoms with Crippen molar-refractivity contribution in [1.29, 1.82) is 0 Å². The number of hydrogen-bond acceptors (Lipinski definition) is 3. The van der Waals surface area contributed by atoms with Crippen molar-refractivity contribution in [3.63, 3.8) is 0 Å². The van der Waals surface area contributed by atoms with Crippen LogP contribution in [0, 0.1) is 6.92 Å². The van der Waals surface area contributed by atoms with Crippen LogP contribution in [0.5, 0.6) is 5.75 Å². The molecule has 17 heavy (non-hydrogen) atoms. The molecule has 0 saturated carbocycles. The number of hydrogen-bond donors (Lipinski definition) is 1. The zero-order valence-electron chi connectivity index (χ0n) is 9.38. The van der Waals surface area contributed by atoms with E-state index in [0.29, 0.717) is 11.4 Å². The van der Waals surface area contributed by atoms with Crippen LogP contribution in [-0.4, -0.2) is 26.0 Å². The van der Waals surface area contributed by atoms with E-state index in [1.807, 2.05) is 13.0 Å². The van der Waals surface area contributed by atoms with Gasteiger partial charge in [-0.2, -0.15) is 13.2 Å². The van der Waals surface area contributed by atoms with E-state index < -0.39 is 12.8 Å². The van der Waals surface area contributed by atoms with Crippen LogP contribution in [0.4, 0.5) is 18.9 Å². The molecule has 0 spiro atoms. The maximum Gasteiger partial charge on any atom is 0.411 e. The molecule has 0 aromatic heterocycles. The predicted molar refractivity (Wildman–Crippen MR) is 58.0 cm³/mol. The van der Waals surface area contributed by atoms with Crippen molar-refractivity contribution in [3.05, 3.63) is 23.8 Å². The Kier molecular flexibility index (Phi) is 4.62. The number of nitrogen functional groups attached to an aromatic ring is 1. The van der Waals surface area contributed by atoms with Gasteiger partial charge in [-0.15, -0.1) is 0 Å². The van der Waals surface area contributed by atoms with Gasteiger partial charge in [0.1, 0.15) is 19.0 Å². The monoisotopic (exact) mass is 249 g/mol. The maximum absolute atomic E-state index is 11.7. The van der Waals surface area contributed by atoms with E-state index in [4.69, 9.17) is 10.5 Å². The minimum absolute atomic E-state index is 0.0329. The second-order valence-corrected chi connectivity index (χ2v) is 3.51. The van der Waals surface area contributed by atoms with Gasteiger partial charge in [0.05, 0.1) is 12.3 Å². The van der Waals surface area contributed by atoms with Gasteiger partial charge in [0.15, 0.2) is 0 Å². The lowest BCUT2D eigenvalue weighted by molar-refractivity contribution is -0.175. The van der Waals surface area contributed by atoms with Crippen LogP contribution >= 0.6 is 0 Å².